The van der Waals surface area contributed by atoms with E-state index in [4.69, 9.17) is 14.9 Å². The number of pyridine rings is 1. The molecule has 0 aromatic carbocycles. The van der Waals surface area contributed by atoms with Crippen LogP contribution in [0.15, 0.2) is 51.3 Å². The second-order valence-electron chi connectivity index (χ2n) is 4.63. The van der Waals surface area contributed by atoms with Crippen LogP contribution in [0.3, 0.4) is 0 Å². The van der Waals surface area contributed by atoms with Gasteiger partial charge in [0.25, 0.3) is 0 Å². The first kappa shape index (κ1) is 13.9. The third-order valence-electron chi connectivity index (χ3n) is 3.32. The number of ether oxygens (including phenoxy) is 1. The van der Waals surface area contributed by atoms with E-state index in [0.717, 1.165) is 6.07 Å². The fourth-order valence-electron chi connectivity index (χ4n) is 2.35. The molecule has 0 saturated carbocycles. The number of rotatable bonds is 2. The quantitative estimate of drug-likeness (QED) is 0.838. The minimum atomic E-state index is -0.684. The van der Waals surface area contributed by atoms with Crippen molar-refractivity contribution in [1.82, 2.24) is 4.98 Å². The second kappa shape index (κ2) is 5.35. The fourth-order valence-corrected chi connectivity index (χ4v) is 2.35. The first-order valence-electron chi connectivity index (χ1n) is 6.41. The van der Waals surface area contributed by atoms with Crippen molar-refractivity contribution in [2.24, 2.45) is 5.73 Å². The highest BCUT2D eigenvalue weighted by Gasteiger charge is 2.34. The van der Waals surface area contributed by atoms with E-state index < -0.39 is 18.0 Å². The van der Waals surface area contributed by atoms with Crippen LogP contribution in [0.5, 0.6) is 5.75 Å². The van der Waals surface area contributed by atoms with Crippen LogP contribution < -0.4 is 15.9 Å². The molecule has 110 valence electrons. The molecule has 0 amide bonds. The maximum absolute atomic E-state index is 12.1. The normalized spacial score (nSPS) is 16.6. The monoisotopic (exact) mass is 297 g/mol. The average molecular weight is 297 g/mol. The topological polar surface area (TPSA) is 122 Å². The smallest absolute Gasteiger partial charge is 0.228 e. The fraction of sp³-hybridized carbons (Fsp3) is 0.133. The Hall–Kier alpha value is -3.11. The van der Waals surface area contributed by atoms with Gasteiger partial charge < -0.3 is 20.0 Å². The highest BCUT2D eigenvalue weighted by atomic mass is 16.5. The van der Waals surface area contributed by atoms with Crippen LogP contribution >= 0.6 is 0 Å². The number of allylic oxidation sites excluding steroid dienone is 1. The summed E-state index contributed by atoms with van der Waals surface area (Å²) in [5, 5.41) is 18.6. The number of nitrogens with zero attached hydrogens (tertiary/aromatic N) is 2. The van der Waals surface area contributed by atoms with Crippen LogP contribution in [-0.2, 0) is 6.61 Å². The molecule has 3 N–H and O–H groups in total. The summed E-state index contributed by atoms with van der Waals surface area (Å²) in [6, 6.07) is 6.50. The lowest BCUT2D eigenvalue weighted by atomic mass is 9.88. The molecule has 7 heteroatoms. The van der Waals surface area contributed by atoms with Gasteiger partial charge in [0.15, 0.2) is 5.76 Å². The predicted octanol–water partition coefficient (Wildman–Crippen LogP) is 0.745. The summed E-state index contributed by atoms with van der Waals surface area (Å²) < 4.78 is 10.8. The highest BCUT2D eigenvalue weighted by Crippen LogP contribution is 2.40. The SMILES string of the molecule is N#CC1=C(N)Oc2c(oc(CO)cc2=O)C1c1ccncc1. The van der Waals surface area contributed by atoms with Gasteiger partial charge in [-0.1, -0.05) is 0 Å². The minimum absolute atomic E-state index is 0.0736. The molecule has 2 aromatic heterocycles. The molecule has 22 heavy (non-hydrogen) atoms. The van der Waals surface area contributed by atoms with Gasteiger partial charge in [-0.05, 0) is 17.7 Å². The van der Waals surface area contributed by atoms with Gasteiger partial charge >= 0.3 is 0 Å². The second-order valence-corrected chi connectivity index (χ2v) is 4.63. The van der Waals surface area contributed by atoms with Crippen molar-refractivity contribution in [1.29, 1.82) is 5.26 Å². The Balaban J connectivity index is 2.30. The van der Waals surface area contributed by atoms with E-state index in [2.05, 4.69) is 4.98 Å². The minimum Gasteiger partial charge on any atom is -0.458 e. The van der Waals surface area contributed by atoms with Crippen LogP contribution in [-0.4, -0.2) is 10.1 Å². The van der Waals surface area contributed by atoms with Gasteiger partial charge in [-0.15, -0.1) is 0 Å². The summed E-state index contributed by atoms with van der Waals surface area (Å²) in [6.45, 7) is -0.438. The third kappa shape index (κ3) is 2.12. The lowest BCUT2D eigenvalue weighted by Crippen LogP contribution is -2.25. The molecule has 3 rings (SSSR count). The standard InChI is InChI=1S/C15H11N3O4/c16-6-10-12(8-1-3-18-4-2-8)14-13(22-15(10)17)11(20)5-9(7-19)21-14/h1-5,12,19H,7,17H2. The van der Waals surface area contributed by atoms with Crippen LogP contribution in [0.1, 0.15) is 23.0 Å². The average Bonchev–Trinajstić information content (AvgIpc) is 2.55. The first-order chi connectivity index (χ1) is 10.7. The summed E-state index contributed by atoms with van der Waals surface area (Å²) >= 11 is 0. The van der Waals surface area contributed by atoms with Crippen LogP contribution in [0.25, 0.3) is 0 Å². The van der Waals surface area contributed by atoms with Gasteiger partial charge in [-0.2, -0.15) is 5.26 Å². The Labute approximate surface area is 124 Å². The Bertz CT molecular complexity index is 849. The molecule has 2 aromatic rings. The van der Waals surface area contributed by atoms with Crippen LogP contribution in [0, 0.1) is 11.3 Å². The number of nitrogens with two attached hydrogens (primary N) is 1. The molecular weight excluding hydrogens is 286 g/mol. The highest BCUT2D eigenvalue weighted by molar-refractivity contribution is 5.51. The summed E-state index contributed by atoms with van der Waals surface area (Å²) in [7, 11) is 0. The van der Waals surface area contributed by atoms with Gasteiger partial charge in [0.2, 0.25) is 17.1 Å². The molecule has 3 heterocycles. The molecule has 0 bridgehead atoms. The third-order valence-corrected chi connectivity index (χ3v) is 3.32. The molecule has 0 spiro atoms. The van der Waals surface area contributed by atoms with E-state index in [1.807, 2.05) is 6.07 Å². The number of aromatic nitrogens is 1. The Morgan fingerprint density at radius 2 is 2.14 bits per heavy atom. The number of nitriles is 1. The molecule has 1 unspecified atom stereocenters. The van der Waals surface area contributed by atoms with Gasteiger partial charge in [-0.3, -0.25) is 9.78 Å². The van der Waals surface area contributed by atoms with Crippen molar-refractivity contribution in [3.05, 3.63) is 69.4 Å². The maximum Gasteiger partial charge on any atom is 0.228 e. The van der Waals surface area contributed by atoms with E-state index >= 15 is 0 Å². The summed E-state index contributed by atoms with van der Waals surface area (Å²) in [5.74, 6) is -0.662. The van der Waals surface area contributed by atoms with Crippen molar-refractivity contribution < 1.29 is 14.3 Å². The number of aliphatic hydroxyl groups is 1. The van der Waals surface area contributed by atoms with Crippen molar-refractivity contribution in [3.8, 4) is 11.8 Å². The molecule has 0 fully saturated rings. The molecule has 0 radical (unpaired) electrons. The lowest BCUT2D eigenvalue weighted by molar-refractivity contribution is 0.231. The Morgan fingerprint density at radius 3 is 2.77 bits per heavy atom. The first-order valence-corrected chi connectivity index (χ1v) is 6.41. The Morgan fingerprint density at radius 1 is 1.41 bits per heavy atom. The largest absolute Gasteiger partial charge is 0.458 e. The Kier molecular flexibility index (Phi) is 3.37. The number of aliphatic hydroxyl groups excluding tert-OH is 1. The maximum atomic E-state index is 12.1. The molecule has 0 saturated heterocycles. The van der Waals surface area contributed by atoms with Gasteiger partial charge in [-0.25, -0.2) is 0 Å². The molecule has 1 aliphatic rings. The van der Waals surface area contributed by atoms with Crippen LogP contribution in [0.4, 0.5) is 0 Å². The van der Waals surface area contributed by atoms with Gasteiger partial charge in [0.05, 0.1) is 5.92 Å². The van der Waals surface area contributed by atoms with Crippen molar-refractivity contribution in [2.45, 2.75) is 12.5 Å². The molecule has 0 aliphatic carbocycles. The summed E-state index contributed by atoms with van der Waals surface area (Å²) in [6.07, 6.45) is 3.12. The number of hydrogen-bond acceptors (Lipinski definition) is 7. The van der Waals surface area contributed by atoms with Gasteiger partial charge in [0.1, 0.15) is 24.0 Å². The van der Waals surface area contributed by atoms with E-state index in [9.17, 15) is 15.2 Å². The number of fused-ring (bicyclic) bond motifs is 1. The zero-order valence-corrected chi connectivity index (χ0v) is 11.3. The van der Waals surface area contributed by atoms with Gasteiger partial charge in [0, 0.05) is 18.5 Å². The molecule has 7 nitrogen and oxygen atoms in total. The lowest BCUT2D eigenvalue weighted by Gasteiger charge is -2.24. The summed E-state index contributed by atoms with van der Waals surface area (Å²) in [5.41, 5.74) is 6.11. The van der Waals surface area contributed by atoms with Crippen LogP contribution in [0.2, 0.25) is 0 Å². The zero-order chi connectivity index (χ0) is 15.7. The number of hydrogen-bond donors (Lipinski definition) is 2. The molecule has 1 aliphatic heterocycles. The van der Waals surface area contributed by atoms with Crippen molar-refractivity contribution in [3.63, 3.8) is 0 Å². The molecule has 1 atom stereocenters. The van der Waals surface area contributed by atoms with E-state index in [0.29, 0.717) is 5.56 Å². The summed E-state index contributed by atoms with van der Waals surface area (Å²) in [4.78, 5) is 16.0. The van der Waals surface area contributed by atoms with E-state index in [-0.39, 0.29) is 28.7 Å². The van der Waals surface area contributed by atoms with Crippen molar-refractivity contribution in [2.75, 3.05) is 0 Å². The van der Waals surface area contributed by atoms with E-state index in [1.165, 1.54) is 0 Å². The van der Waals surface area contributed by atoms with Crippen molar-refractivity contribution >= 4 is 0 Å². The molecular formula is C15H11N3O4. The predicted molar refractivity (Wildman–Crippen MR) is 74.4 cm³/mol. The van der Waals surface area contributed by atoms with E-state index in [1.54, 1.807) is 24.5 Å². The zero-order valence-electron chi connectivity index (χ0n) is 11.3.